The molecule has 0 saturated carbocycles. The second kappa shape index (κ2) is 8.13. The molecule has 7 nitrogen and oxygen atoms in total. The number of nitrogens with zero attached hydrogens (tertiary/aromatic N) is 5. The molecule has 2 fully saturated rings. The van der Waals surface area contributed by atoms with Crippen LogP contribution in [0.1, 0.15) is 6.42 Å². The highest BCUT2D eigenvalue weighted by molar-refractivity contribution is 5.91. The van der Waals surface area contributed by atoms with Crippen LogP contribution in [-0.2, 0) is 0 Å². The Morgan fingerprint density at radius 1 is 0.917 bits per heavy atom. The van der Waals surface area contributed by atoms with Gasteiger partial charge in [0, 0.05) is 60.6 Å². The van der Waals surface area contributed by atoms with Crippen LogP contribution in [0.3, 0.4) is 0 Å². The van der Waals surface area contributed by atoms with Crippen molar-refractivity contribution in [3.8, 4) is 39.4 Å². The smallest absolute Gasteiger partial charge is 0.164 e. The molecule has 2 saturated heterocycles. The van der Waals surface area contributed by atoms with Crippen LogP contribution < -0.4 is 10.2 Å². The fourth-order valence-electron chi connectivity index (χ4n) is 5.51. The van der Waals surface area contributed by atoms with Crippen LogP contribution in [0.2, 0.25) is 0 Å². The molecule has 2 aromatic carbocycles. The fourth-order valence-corrected chi connectivity index (χ4v) is 5.51. The Balaban J connectivity index is 1.37. The summed E-state index contributed by atoms with van der Waals surface area (Å²) in [4.78, 5) is 11.3. The highest BCUT2D eigenvalue weighted by Crippen LogP contribution is 2.38. The number of phenolic OH excluding ortho intramolecular Hbond substituents is 1. The molecule has 7 rings (SSSR count). The molecule has 2 atom stereocenters. The average molecular weight is 479 g/mol. The number of piperazine rings is 1. The number of anilines is 1. The maximum atomic E-state index is 13.9. The van der Waals surface area contributed by atoms with Crippen LogP contribution >= 0.6 is 0 Å². The lowest BCUT2D eigenvalue weighted by Gasteiger charge is -2.29. The number of aromatic nitrogens is 4. The van der Waals surface area contributed by atoms with Gasteiger partial charge in [0.1, 0.15) is 5.69 Å². The minimum absolute atomic E-state index is 0.412. The Morgan fingerprint density at radius 3 is 2.44 bits per heavy atom. The summed E-state index contributed by atoms with van der Waals surface area (Å²) in [5.74, 6) is -1.08. The molecule has 2 bridgehead atoms. The number of fused-ring (bicyclic) bond motifs is 3. The third-order valence-electron chi connectivity index (χ3n) is 7.26. The van der Waals surface area contributed by atoms with E-state index in [0.29, 0.717) is 29.0 Å². The third kappa shape index (κ3) is 3.33. The molecule has 0 spiro atoms. The van der Waals surface area contributed by atoms with E-state index >= 15 is 0 Å². The highest BCUT2D eigenvalue weighted by Gasteiger charge is 2.37. The van der Waals surface area contributed by atoms with Gasteiger partial charge in [-0.25, -0.2) is 13.9 Å². The van der Waals surface area contributed by atoms with Crippen molar-refractivity contribution < 1.29 is 9.50 Å². The molecule has 2 N–H and O–H groups in total. The molecule has 3 aromatic heterocycles. The SMILES string of the molecule is Oc1cc(-c2c(-c3ccncc3)nn3c(-c4ccc(N5C[C@H]6C[C@@H]5CN6)cc4)ccnc23)ccc1F. The van der Waals surface area contributed by atoms with Crippen molar-refractivity contribution in [1.82, 2.24) is 24.9 Å². The van der Waals surface area contributed by atoms with Crippen molar-refractivity contribution in [3.63, 3.8) is 0 Å². The van der Waals surface area contributed by atoms with Gasteiger partial charge in [0.25, 0.3) is 0 Å². The number of hydrogen-bond acceptors (Lipinski definition) is 6. The van der Waals surface area contributed by atoms with Crippen LogP contribution in [0, 0.1) is 5.82 Å². The first-order chi connectivity index (χ1) is 17.7. The lowest BCUT2D eigenvalue weighted by atomic mass is 10.0. The lowest BCUT2D eigenvalue weighted by Crippen LogP contribution is -2.43. The van der Waals surface area contributed by atoms with Gasteiger partial charge < -0.3 is 15.3 Å². The zero-order valence-electron chi connectivity index (χ0n) is 19.3. The molecule has 0 unspecified atom stereocenters. The molecular weight excluding hydrogens is 455 g/mol. The van der Waals surface area contributed by atoms with Crippen molar-refractivity contribution in [2.75, 3.05) is 18.0 Å². The van der Waals surface area contributed by atoms with Crippen molar-refractivity contribution in [2.24, 2.45) is 0 Å². The standard InChI is InChI=1S/C28H23FN6O/c29-23-6-3-19(13-25(23)36)26-27(18-7-10-30-11-8-18)33-35-24(9-12-31-28(26)35)17-1-4-21(5-2-17)34-16-20-14-22(34)15-32-20/h1-13,20,22,32,36H,14-16H2/t20-,22-/m1/s1. The van der Waals surface area contributed by atoms with Gasteiger partial charge in [0.2, 0.25) is 0 Å². The number of hydrogen-bond donors (Lipinski definition) is 2. The van der Waals surface area contributed by atoms with Gasteiger partial charge in [-0.1, -0.05) is 18.2 Å². The second-order valence-electron chi connectivity index (χ2n) is 9.39. The zero-order chi connectivity index (χ0) is 24.2. The maximum Gasteiger partial charge on any atom is 0.164 e. The van der Waals surface area contributed by atoms with Crippen molar-refractivity contribution >= 4 is 11.3 Å². The first-order valence-electron chi connectivity index (χ1n) is 12.0. The van der Waals surface area contributed by atoms with Gasteiger partial charge in [-0.15, -0.1) is 0 Å². The second-order valence-corrected chi connectivity index (χ2v) is 9.39. The first kappa shape index (κ1) is 21.0. The number of phenols is 1. The highest BCUT2D eigenvalue weighted by atomic mass is 19.1. The van der Waals surface area contributed by atoms with E-state index in [1.807, 2.05) is 22.7 Å². The Bertz CT molecular complexity index is 1580. The van der Waals surface area contributed by atoms with Gasteiger partial charge in [0.15, 0.2) is 17.2 Å². The topological polar surface area (TPSA) is 78.6 Å². The lowest BCUT2D eigenvalue weighted by molar-refractivity contribution is 0.433. The van der Waals surface area contributed by atoms with E-state index in [1.165, 1.54) is 24.2 Å². The zero-order valence-corrected chi connectivity index (χ0v) is 19.3. The summed E-state index contributed by atoms with van der Waals surface area (Å²) in [5, 5.41) is 18.6. The van der Waals surface area contributed by atoms with Gasteiger partial charge in [-0.05, 0) is 54.4 Å². The van der Waals surface area contributed by atoms with E-state index in [9.17, 15) is 9.50 Å². The maximum absolute atomic E-state index is 13.9. The van der Waals surface area contributed by atoms with Gasteiger partial charge in [-0.2, -0.15) is 5.10 Å². The molecule has 5 heterocycles. The van der Waals surface area contributed by atoms with Crippen molar-refractivity contribution in [3.05, 3.63) is 85.1 Å². The van der Waals surface area contributed by atoms with E-state index in [4.69, 9.17) is 5.10 Å². The predicted octanol–water partition coefficient (Wildman–Crippen LogP) is 4.52. The molecule has 2 aliphatic heterocycles. The third-order valence-corrected chi connectivity index (χ3v) is 7.26. The van der Waals surface area contributed by atoms with Crippen molar-refractivity contribution in [2.45, 2.75) is 18.5 Å². The van der Waals surface area contributed by atoms with Gasteiger partial charge >= 0.3 is 0 Å². The van der Waals surface area contributed by atoms with E-state index in [2.05, 4.69) is 44.5 Å². The molecular formula is C28H23FN6O. The summed E-state index contributed by atoms with van der Waals surface area (Å²) < 4.78 is 15.7. The first-order valence-corrected chi connectivity index (χ1v) is 12.0. The minimum atomic E-state index is -0.670. The summed E-state index contributed by atoms with van der Waals surface area (Å²) in [5.41, 5.74) is 6.66. The predicted molar refractivity (Wildman–Crippen MR) is 136 cm³/mol. The normalized spacial score (nSPS) is 18.9. The van der Waals surface area contributed by atoms with E-state index in [-0.39, 0.29) is 0 Å². The summed E-state index contributed by atoms with van der Waals surface area (Å²) in [6.45, 7) is 2.09. The van der Waals surface area contributed by atoms with E-state index in [1.54, 1.807) is 24.7 Å². The Kier molecular flexibility index (Phi) is 4.75. The molecule has 0 aliphatic carbocycles. The van der Waals surface area contributed by atoms with E-state index < -0.39 is 11.6 Å². The number of halogens is 1. The Morgan fingerprint density at radius 2 is 1.72 bits per heavy atom. The summed E-state index contributed by atoms with van der Waals surface area (Å²) >= 11 is 0. The Hall–Kier alpha value is -4.30. The number of pyridine rings is 1. The van der Waals surface area contributed by atoms with Crippen LogP contribution in [0.15, 0.2) is 79.3 Å². The largest absolute Gasteiger partial charge is 0.505 e. The minimum Gasteiger partial charge on any atom is -0.505 e. The van der Waals surface area contributed by atoms with Crippen LogP contribution in [-0.4, -0.2) is 49.9 Å². The number of nitrogens with one attached hydrogen (secondary N) is 1. The average Bonchev–Trinajstić information content (AvgIpc) is 3.65. The summed E-state index contributed by atoms with van der Waals surface area (Å²) in [6.07, 6.45) is 6.38. The molecule has 0 amide bonds. The number of aromatic hydroxyl groups is 1. The quantitative estimate of drug-likeness (QED) is 0.396. The molecule has 178 valence electrons. The molecule has 2 aliphatic rings. The van der Waals surface area contributed by atoms with E-state index in [0.717, 1.165) is 35.5 Å². The number of benzene rings is 2. The van der Waals surface area contributed by atoms with Crippen molar-refractivity contribution in [1.29, 1.82) is 0 Å². The van der Waals surface area contributed by atoms with Crippen LogP contribution in [0.4, 0.5) is 10.1 Å². The summed E-state index contributed by atoms with van der Waals surface area (Å²) in [7, 11) is 0. The molecule has 36 heavy (non-hydrogen) atoms. The van der Waals surface area contributed by atoms with Crippen LogP contribution in [0.25, 0.3) is 39.3 Å². The monoisotopic (exact) mass is 478 g/mol. The molecule has 0 radical (unpaired) electrons. The molecule has 8 heteroatoms. The number of rotatable bonds is 4. The van der Waals surface area contributed by atoms with Gasteiger partial charge in [-0.3, -0.25) is 4.98 Å². The van der Waals surface area contributed by atoms with Crippen LogP contribution in [0.5, 0.6) is 5.75 Å². The Labute approximate surface area is 206 Å². The van der Waals surface area contributed by atoms with Gasteiger partial charge in [0.05, 0.1) is 11.3 Å². The fraction of sp³-hybridized carbons (Fsp3) is 0.179. The summed E-state index contributed by atoms with van der Waals surface area (Å²) in [6, 6.07) is 19.8. The molecule has 5 aromatic rings.